The molecule has 0 aliphatic heterocycles. The van der Waals surface area contributed by atoms with Crippen LogP contribution in [0.2, 0.25) is 0 Å². The standard InChI is InChI=1S/C12H8Br2O2S2/c13-11-6-9(12(14)17-11)10(15)7-18(16)8-4-2-1-3-5-8/h1-6H,7H2. The molecule has 0 saturated carbocycles. The molecule has 1 aromatic heterocycles. The third-order valence-electron chi connectivity index (χ3n) is 2.23. The van der Waals surface area contributed by atoms with Gasteiger partial charge in [-0.05, 0) is 50.1 Å². The quantitative estimate of drug-likeness (QED) is 0.709. The van der Waals surface area contributed by atoms with Crippen molar-refractivity contribution in [1.29, 1.82) is 0 Å². The largest absolute Gasteiger partial charge is 0.293 e. The number of hydrogen-bond donors (Lipinski definition) is 0. The molecule has 1 aromatic carbocycles. The molecule has 2 nitrogen and oxygen atoms in total. The van der Waals surface area contributed by atoms with E-state index in [2.05, 4.69) is 31.9 Å². The van der Waals surface area contributed by atoms with Gasteiger partial charge in [-0.25, -0.2) is 0 Å². The van der Waals surface area contributed by atoms with Gasteiger partial charge in [-0.15, -0.1) is 11.3 Å². The Morgan fingerprint density at radius 2 is 1.89 bits per heavy atom. The molecule has 0 aliphatic rings. The fraction of sp³-hybridized carbons (Fsp3) is 0.0833. The van der Waals surface area contributed by atoms with Gasteiger partial charge in [0, 0.05) is 10.5 Å². The van der Waals surface area contributed by atoms with Crippen LogP contribution in [0.3, 0.4) is 0 Å². The Labute approximate surface area is 128 Å². The number of benzene rings is 1. The molecule has 0 saturated heterocycles. The number of thiophene rings is 1. The molecular formula is C12H8Br2O2S2. The lowest BCUT2D eigenvalue weighted by Gasteiger charge is -2.01. The number of hydrogen-bond acceptors (Lipinski definition) is 3. The lowest BCUT2D eigenvalue weighted by atomic mass is 10.2. The normalized spacial score (nSPS) is 12.3. The van der Waals surface area contributed by atoms with E-state index >= 15 is 0 Å². The van der Waals surface area contributed by atoms with Gasteiger partial charge in [0.1, 0.15) is 0 Å². The molecule has 1 atom stereocenters. The number of ketones is 1. The molecule has 0 fully saturated rings. The first kappa shape index (κ1) is 14.1. The zero-order valence-corrected chi connectivity index (χ0v) is 13.9. The number of rotatable bonds is 4. The third-order valence-corrected chi connectivity index (χ3v) is 5.89. The SMILES string of the molecule is O=C(CS(=O)c1ccccc1)c1cc(Br)sc1Br. The van der Waals surface area contributed by atoms with Gasteiger partial charge < -0.3 is 0 Å². The van der Waals surface area contributed by atoms with Gasteiger partial charge in [-0.1, -0.05) is 18.2 Å². The van der Waals surface area contributed by atoms with Crippen molar-refractivity contribution in [2.24, 2.45) is 0 Å². The predicted octanol–water partition coefficient (Wildman–Crippen LogP) is 4.26. The topological polar surface area (TPSA) is 34.1 Å². The summed E-state index contributed by atoms with van der Waals surface area (Å²) in [5.41, 5.74) is 0.580. The molecule has 0 spiro atoms. The number of Topliss-reactive ketones (excluding diaryl/α,β-unsaturated/α-hetero) is 1. The van der Waals surface area contributed by atoms with Gasteiger partial charge in [0.05, 0.1) is 24.1 Å². The average molecular weight is 408 g/mol. The van der Waals surface area contributed by atoms with Gasteiger partial charge in [-0.3, -0.25) is 9.00 Å². The van der Waals surface area contributed by atoms with Crippen LogP contribution in [0.15, 0.2) is 48.9 Å². The van der Waals surface area contributed by atoms with Crippen LogP contribution in [-0.2, 0) is 10.8 Å². The van der Waals surface area contributed by atoms with Crippen molar-refractivity contribution in [3.63, 3.8) is 0 Å². The maximum Gasteiger partial charge on any atom is 0.177 e. The van der Waals surface area contributed by atoms with Crippen LogP contribution in [-0.4, -0.2) is 15.7 Å². The highest BCUT2D eigenvalue weighted by molar-refractivity contribution is 9.12. The Morgan fingerprint density at radius 3 is 2.44 bits per heavy atom. The highest BCUT2D eigenvalue weighted by atomic mass is 79.9. The van der Waals surface area contributed by atoms with Gasteiger partial charge in [-0.2, -0.15) is 0 Å². The molecule has 0 radical (unpaired) electrons. The Kier molecular flexibility index (Phi) is 4.89. The van der Waals surface area contributed by atoms with E-state index in [1.807, 2.05) is 18.2 Å². The predicted molar refractivity (Wildman–Crippen MR) is 81.8 cm³/mol. The van der Waals surface area contributed by atoms with Crippen LogP contribution in [0.1, 0.15) is 10.4 Å². The van der Waals surface area contributed by atoms with Crippen LogP contribution in [0.25, 0.3) is 0 Å². The third kappa shape index (κ3) is 3.38. The maximum absolute atomic E-state index is 12.0. The van der Waals surface area contributed by atoms with Crippen LogP contribution in [0, 0.1) is 0 Å². The van der Waals surface area contributed by atoms with Crippen LogP contribution in [0.5, 0.6) is 0 Å². The number of halogens is 2. The summed E-state index contributed by atoms with van der Waals surface area (Å²) in [7, 11) is -1.29. The fourth-order valence-electron chi connectivity index (χ4n) is 1.38. The highest BCUT2D eigenvalue weighted by Gasteiger charge is 2.17. The molecule has 0 N–H and O–H groups in total. The van der Waals surface area contributed by atoms with Crippen molar-refractivity contribution in [3.05, 3.63) is 49.5 Å². The molecule has 0 aliphatic carbocycles. The molecule has 1 heterocycles. The van der Waals surface area contributed by atoms with E-state index in [9.17, 15) is 9.00 Å². The zero-order chi connectivity index (χ0) is 13.1. The summed E-state index contributed by atoms with van der Waals surface area (Å²) >= 11 is 8.09. The summed E-state index contributed by atoms with van der Waals surface area (Å²) < 4.78 is 13.7. The first-order valence-corrected chi connectivity index (χ1v) is 8.71. The second-order valence-corrected chi connectivity index (χ2v) is 8.66. The van der Waals surface area contributed by atoms with E-state index in [4.69, 9.17) is 0 Å². The van der Waals surface area contributed by atoms with Crippen molar-refractivity contribution in [1.82, 2.24) is 0 Å². The number of carbonyl (C=O) groups excluding carboxylic acids is 1. The molecule has 18 heavy (non-hydrogen) atoms. The van der Waals surface area contributed by atoms with Crippen molar-refractivity contribution in [2.75, 3.05) is 5.75 Å². The van der Waals surface area contributed by atoms with E-state index in [1.165, 1.54) is 11.3 Å². The maximum atomic E-state index is 12.0. The Bertz CT molecular complexity index is 593. The summed E-state index contributed by atoms with van der Waals surface area (Å²) in [4.78, 5) is 12.7. The van der Waals surface area contributed by atoms with E-state index in [1.54, 1.807) is 18.2 Å². The molecule has 0 amide bonds. The van der Waals surface area contributed by atoms with Crippen LogP contribution >= 0.6 is 43.2 Å². The van der Waals surface area contributed by atoms with Crippen molar-refractivity contribution < 1.29 is 9.00 Å². The van der Waals surface area contributed by atoms with Crippen LogP contribution in [0.4, 0.5) is 0 Å². The molecule has 2 aromatic rings. The molecule has 6 heteroatoms. The van der Waals surface area contributed by atoms with Gasteiger partial charge in [0.25, 0.3) is 0 Å². The van der Waals surface area contributed by atoms with E-state index in [0.29, 0.717) is 10.5 Å². The van der Waals surface area contributed by atoms with Gasteiger partial charge in [0.15, 0.2) is 5.78 Å². The Hall–Kier alpha value is -0.300. The zero-order valence-electron chi connectivity index (χ0n) is 9.06. The summed E-state index contributed by atoms with van der Waals surface area (Å²) in [5, 5.41) is 0. The Balaban J connectivity index is 2.13. The lowest BCUT2D eigenvalue weighted by Crippen LogP contribution is -2.10. The lowest BCUT2D eigenvalue weighted by molar-refractivity contribution is 0.102. The molecule has 2 rings (SSSR count). The Morgan fingerprint density at radius 1 is 1.22 bits per heavy atom. The molecule has 0 bridgehead atoms. The van der Waals surface area contributed by atoms with Crippen molar-refractivity contribution in [2.45, 2.75) is 4.90 Å². The smallest absolute Gasteiger partial charge is 0.177 e. The van der Waals surface area contributed by atoms with E-state index in [-0.39, 0.29) is 11.5 Å². The minimum Gasteiger partial charge on any atom is -0.293 e. The second kappa shape index (κ2) is 6.23. The summed E-state index contributed by atoms with van der Waals surface area (Å²) in [5.74, 6) is -0.114. The minimum absolute atomic E-state index is 0.00574. The van der Waals surface area contributed by atoms with E-state index < -0.39 is 10.8 Å². The summed E-state index contributed by atoms with van der Waals surface area (Å²) in [6.45, 7) is 0. The molecule has 1 unspecified atom stereocenters. The first-order valence-electron chi connectivity index (χ1n) is 4.99. The van der Waals surface area contributed by atoms with Crippen LogP contribution < -0.4 is 0 Å². The fourth-order valence-corrected chi connectivity index (χ4v) is 5.26. The average Bonchev–Trinajstić information content (AvgIpc) is 2.69. The summed E-state index contributed by atoms with van der Waals surface area (Å²) in [6, 6.07) is 10.8. The van der Waals surface area contributed by atoms with Crippen molar-refractivity contribution >= 4 is 59.8 Å². The minimum atomic E-state index is -1.29. The van der Waals surface area contributed by atoms with Gasteiger partial charge in [0.2, 0.25) is 0 Å². The molecule has 94 valence electrons. The van der Waals surface area contributed by atoms with Crippen molar-refractivity contribution in [3.8, 4) is 0 Å². The highest BCUT2D eigenvalue weighted by Crippen LogP contribution is 2.32. The monoisotopic (exact) mass is 406 g/mol. The first-order chi connectivity index (χ1) is 8.58. The number of carbonyl (C=O) groups is 1. The molecular weight excluding hydrogens is 400 g/mol. The second-order valence-electron chi connectivity index (χ2n) is 3.46. The van der Waals surface area contributed by atoms with E-state index in [0.717, 1.165) is 7.57 Å². The van der Waals surface area contributed by atoms with Gasteiger partial charge >= 0.3 is 0 Å². The summed E-state index contributed by atoms with van der Waals surface area (Å²) in [6.07, 6.45) is 0.